The second-order valence-electron chi connectivity index (χ2n) is 15.5. The SMILES string of the molecule is CC(C)(C)OC(=O)NC(=NCc1cc(-c2ccc(C(C)(C)C)cc2)cc(-c2ccc(C(C)(C)C)cc2)c1)NC(=O)OC(C)(C)C. The molecule has 0 aliphatic heterocycles. The van der Waals surface area contributed by atoms with Gasteiger partial charge in [-0.05, 0) is 110 Å². The molecule has 7 nitrogen and oxygen atoms in total. The lowest BCUT2D eigenvalue weighted by molar-refractivity contribution is 0.0545. The molecule has 0 aliphatic carbocycles. The van der Waals surface area contributed by atoms with E-state index in [1.165, 1.54) is 11.1 Å². The van der Waals surface area contributed by atoms with Crippen LogP contribution < -0.4 is 10.6 Å². The first-order valence-electron chi connectivity index (χ1n) is 15.5. The molecule has 0 atom stereocenters. The number of carbonyl (C=O) groups excluding carboxylic acids is 2. The third-order valence-electron chi connectivity index (χ3n) is 6.82. The number of rotatable bonds is 4. The van der Waals surface area contributed by atoms with Crippen molar-refractivity contribution in [1.82, 2.24) is 10.6 Å². The Bertz CT molecular complexity index is 1400. The molecular formula is C38H51N3O4. The van der Waals surface area contributed by atoms with Crippen LogP contribution in [0, 0.1) is 0 Å². The maximum absolute atomic E-state index is 12.6. The first-order chi connectivity index (χ1) is 20.6. The van der Waals surface area contributed by atoms with Crippen LogP contribution in [0.15, 0.2) is 71.7 Å². The maximum Gasteiger partial charge on any atom is 0.414 e. The largest absolute Gasteiger partial charge is 0.444 e. The fourth-order valence-electron chi connectivity index (χ4n) is 4.52. The van der Waals surface area contributed by atoms with Crippen LogP contribution in [0.4, 0.5) is 9.59 Å². The van der Waals surface area contributed by atoms with Gasteiger partial charge in [0, 0.05) is 0 Å². The highest BCUT2D eigenvalue weighted by atomic mass is 16.6. The summed E-state index contributed by atoms with van der Waals surface area (Å²) in [6.07, 6.45) is -1.46. The van der Waals surface area contributed by atoms with E-state index in [2.05, 4.69) is 124 Å². The minimum absolute atomic E-state index is 0.0493. The van der Waals surface area contributed by atoms with Crippen molar-refractivity contribution in [3.8, 4) is 22.3 Å². The van der Waals surface area contributed by atoms with Crippen LogP contribution in [-0.2, 0) is 26.8 Å². The van der Waals surface area contributed by atoms with Gasteiger partial charge < -0.3 is 9.47 Å². The van der Waals surface area contributed by atoms with Gasteiger partial charge in [0.1, 0.15) is 11.2 Å². The van der Waals surface area contributed by atoms with E-state index in [0.717, 1.165) is 27.8 Å². The topological polar surface area (TPSA) is 89.0 Å². The van der Waals surface area contributed by atoms with Gasteiger partial charge in [0.15, 0.2) is 0 Å². The van der Waals surface area contributed by atoms with Crippen LogP contribution in [0.1, 0.15) is 99.8 Å². The number of guanidine groups is 1. The molecule has 0 heterocycles. The molecule has 2 amide bonds. The monoisotopic (exact) mass is 613 g/mol. The number of alkyl carbamates (subject to hydrolysis) is 2. The number of hydrogen-bond acceptors (Lipinski definition) is 5. The first kappa shape index (κ1) is 35.4. The Hall–Kier alpha value is -4.13. The summed E-state index contributed by atoms with van der Waals surface area (Å²) in [4.78, 5) is 29.8. The second kappa shape index (κ2) is 13.5. The fourth-order valence-corrected chi connectivity index (χ4v) is 4.52. The average molecular weight is 614 g/mol. The van der Waals surface area contributed by atoms with Crippen molar-refractivity contribution in [2.75, 3.05) is 0 Å². The van der Waals surface area contributed by atoms with Crippen LogP contribution in [0.3, 0.4) is 0 Å². The summed E-state index contributed by atoms with van der Waals surface area (Å²) < 4.78 is 10.8. The molecule has 3 aromatic rings. The van der Waals surface area contributed by atoms with Gasteiger partial charge in [-0.3, -0.25) is 10.6 Å². The summed E-state index contributed by atoms with van der Waals surface area (Å²) in [5.41, 5.74) is 6.32. The minimum atomic E-state index is -0.732. The van der Waals surface area contributed by atoms with Gasteiger partial charge in [-0.15, -0.1) is 0 Å². The Morgan fingerprint density at radius 3 is 1.22 bits per heavy atom. The van der Waals surface area contributed by atoms with Gasteiger partial charge in [-0.25, -0.2) is 14.6 Å². The zero-order valence-electron chi connectivity index (χ0n) is 29.1. The van der Waals surface area contributed by atoms with E-state index in [4.69, 9.17) is 9.47 Å². The quantitative estimate of drug-likeness (QED) is 0.227. The zero-order chi connectivity index (χ0) is 33.8. The van der Waals surface area contributed by atoms with Crippen LogP contribution >= 0.6 is 0 Å². The van der Waals surface area contributed by atoms with Crippen molar-refractivity contribution >= 4 is 18.1 Å². The summed E-state index contributed by atoms with van der Waals surface area (Å²) in [7, 11) is 0. The molecule has 3 rings (SSSR count). The summed E-state index contributed by atoms with van der Waals surface area (Å²) >= 11 is 0. The summed E-state index contributed by atoms with van der Waals surface area (Å²) in [6, 6.07) is 23.6. The standard InChI is InChI=1S/C38H51N3O4/c1-35(2,3)30-17-13-26(14-18-30)28-21-25(22-29(23-28)27-15-19-31(20-16-27)36(4,5)6)24-39-32(40-33(42)44-37(7,8)9)41-34(43)45-38(10,11)12/h13-23H,24H2,1-12H3,(H2,39,40,41,42,43). The van der Waals surface area contributed by atoms with E-state index in [9.17, 15) is 9.59 Å². The lowest BCUT2D eigenvalue weighted by Crippen LogP contribution is -2.47. The Morgan fingerprint density at radius 2 is 0.911 bits per heavy atom. The molecule has 0 radical (unpaired) electrons. The number of aliphatic imine (C=N–C) groups is 1. The highest BCUT2D eigenvalue weighted by Gasteiger charge is 2.22. The predicted octanol–water partition coefficient (Wildman–Crippen LogP) is 9.52. The Balaban J connectivity index is 2.05. The number of benzene rings is 3. The third kappa shape index (κ3) is 11.4. The molecule has 0 aliphatic rings. The Kier molecular flexibility index (Phi) is 10.6. The summed E-state index contributed by atoms with van der Waals surface area (Å²) in [5.74, 6) is -0.0606. The van der Waals surface area contributed by atoms with Crippen molar-refractivity contribution in [3.63, 3.8) is 0 Å². The van der Waals surface area contributed by atoms with Crippen LogP contribution in [0.25, 0.3) is 22.3 Å². The number of nitrogens with one attached hydrogen (secondary N) is 2. The number of ether oxygens (including phenoxy) is 2. The van der Waals surface area contributed by atoms with Gasteiger partial charge in [-0.1, -0.05) is 90.1 Å². The number of amides is 2. The van der Waals surface area contributed by atoms with Crippen molar-refractivity contribution in [2.24, 2.45) is 4.99 Å². The third-order valence-corrected chi connectivity index (χ3v) is 6.82. The molecule has 2 N–H and O–H groups in total. The van der Waals surface area contributed by atoms with E-state index >= 15 is 0 Å². The molecule has 242 valence electrons. The average Bonchev–Trinajstić information content (AvgIpc) is 2.88. The molecular weight excluding hydrogens is 562 g/mol. The maximum atomic E-state index is 12.6. The number of nitrogens with zero attached hydrogens (tertiary/aromatic N) is 1. The molecule has 7 heteroatoms. The molecule has 0 bridgehead atoms. The van der Waals surface area contributed by atoms with E-state index in [0.29, 0.717) is 0 Å². The van der Waals surface area contributed by atoms with Gasteiger partial charge >= 0.3 is 12.2 Å². The summed E-state index contributed by atoms with van der Waals surface area (Å²) in [5, 5.41) is 5.14. The van der Waals surface area contributed by atoms with E-state index in [1.807, 2.05) is 0 Å². The fraction of sp³-hybridized carbons (Fsp3) is 0.447. The number of hydrogen-bond donors (Lipinski definition) is 2. The van der Waals surface area contributed by atoms with Crippen molar-refractivity contribution in [2.45, 2.75) is 112 Å². The Morgan fingerprint density at radius 1 is 0.556 bits per heavy atom. The second-order valence-corrected chi connectivity index (χ2v) is 15.5. The van der Waals surface area contributed by atoms with E-state index in [-0.39, 0.29) is 23.3 Å². The van der Waals surface area contributed by atoms with Gasteiger partial charge in [0.2, 0.25) is 5.96 Å². The predicted molar refractivity (Wildman–Crippen MR) is 185 cm³/mol. The number of carbonyl (C=O) groups is 2. The molecule has 0 spiro atoms. The lowest BCUT2D eigenvalue weighted by Gasteiger charge is -2.22. The van der Waals surface area contributed by atoms with Gasteiger partial charge in [0.25, 0.3) is 0 Å². The van der Waals surface area contributed by atoms with Gasteiger partial charge in [-0.2, -0.15) is 0 Å². The Labute approximate surface area is 269 Å². The zero-order valence-corrected chi connectivity index (χ0v) is 29.1. The molecule has 0 saturated heterocycles. The summed E-state index contributed by atoms with van der Waals surface area (Å²) in [6.45, 7) is 24.0. The highest BCUT2D eigenvalue weighted by molar-refractivity contribution is 6.01. The van der Waals surface area contributed by atoms with Crippen molar-refractivity contribution in [3.05, 3.63) is 83.4 Å². The molecule has 0 aromatic heterocycles. The van der Waals surface area contributed by atoms with Crippen molar-refractivity contribution in [1.29, 1.82) is 0 Å². The van der Waals surface area contributed by atoms with Crippen LogP contribution in [0.5, 0.6) is 0 Å². The van der Waals surface area contributed by atoms with E-state index < -0.39 is 23.4 Å². The van der Waals surface area contributed by atoms with Gasteiger partial charge in [0.05, 0.1) is 6.54 Å². The molecule has 45 heavy (non-hydrogen) atoms. The lowest BCUT2D eigenvalue weighted by atomic mass is 9.85. The minimum Gasteiger partial charge on any atom is -0.444 e. The molecule has 0 saturated carbocycles. The highest BCUT2D eigenvalue weighted by Crippen LogP contribution is 2.32. The molecule has 0 unspecified atom stereocenters. The smallest absolute Gasteiger partial charge is 0.414 e. The molecule has 0 fully saturated rings. The van der Waals surface area contributed by atoms with Crippen LogP contribution in [-0.4, -0.2) is 29.3 Å². The van der Waals surface area contributed by atoms with Crippen LogP contribution in [0.2, 0.25) is 0 Å². The normalized spacial score (nSPS) is 12.3. The molecule has 3 aromatic carbocycles. The first-order valence-corrected chi connectivity index (χ1v) is 15.5. The van der Waals surface area contributed by atoms with Crippen molar-refractivity contribution < 1.29 is 19.1 Å². The van der Waals surface area contributed by atoms with E-state index in [1.54, 1.807) is 41.5 Å².